The van der Waals surface area contributed by atoms with Crippen molar-refractivity contribution in [1.29, 1.82) is 0 Å². The van der Waals surface area contributed by atoms with Crippen LogP contribution in [-0.2, 0) is 19.3 Å². The molecule has 1 N–H and O–H groups in total. The van der Waals surface area contributed by atoms with Gasteiger partial charge in [0, 0.05) is 30.4 Å². The van der Waals surface area contributed by atoms with Gasteiger partial charge in [-0.15, -0.1) is 0 Å². The van der Waals surface area contributed by atoms with Crippen LogP contribution < -0.4 is 5.56 Å². The van der Waals surface area contributed by atoms with Crippen LogP contribution >= 0.6 is 0 Å². The van der Waals surface area contributed by atoms with Gasteiger partial charge in [0.2, 0.25) is 5.56 Å². The van der Waals surface area contributed by atoms with Gasteiger partial charge >= 0.3 is 0 Å². The number of aromatic nitrogens is 1. The van der Waals surface area contributed by atoms with Gasteiger partial charge in [0.25, 0.3) is 5.91 Å². The zero-order valence-corrected chi connectivity index (χ0v) is 14.5. The minimum atomic E-state index is -0.209. The van der Waals surface area contributed by atoms with Crippen molar-refractivity contribution in [2.24, 2.45) is 5.92 Å². The van der Waals surface area contributed by atoms with E-state index in [0.29, 0.717) is 11.5 Å². The van der Waals surface area contributed by atoms with E-state index in [1.165, 1.54) is 17.2 Å². The third-order valence-electron chi connectivity index (χ3n) is 4.67. The van der Waals surface area contributed by atoms with Gasteiger partial charge in [0.05, 0.1) is 0 Å². The second-order valence-electron chi connectivity index (χ2n) is 7.10. The van der Waals surface area contributed by atoms with E-state index in [9.17, 15) is 9.59 Å². The number of hydrogen-bond acceptors (Lipinski definition) is 2. The predicted molar refractivity (Wildman–Crippen MR) is 95.3 cm³/mol. The Morgan fingerprint density at radius 3 is 2.42 bits per heavy atom. The lowest BCUT2D eigenvalue weighted by Gasteiger charge is -2.24. The number of rotatable bonds is 4. The number of benzene rings is 1. The molecule has 1 aliphatic carbocycles. The second-order valence-corrected chi connectivity index (χ2v) is 7.10. The highest BCUT2D eigenvalue weighted by Crippen LogP contribution is 2.25. The first kappa shape index (κ1) is 16.5. The van der Waals surface area contributed by atoms with Gasteiger partial charge in [-0.1, -0.05) is 38.1 Å². The number of pyridine rings is 1. The topological polar surface area (TPSA) is 53.2 Å². The van der Waals surface area contributed by atoms with Crippen LogP contribution in [0, 0.1) is 5.92 Å². The maximum atomic E-state index is 12.8. The minimum Gasteiger partial charge on any atom is -0.338 e. The summed E-state index contributed by atoms with van der Waals surface area (Å²) in [5.74, 6) is 0.344. The van der Waals surface area contributed by atoms with Crippen molar-refractivity contribution in [3.63, 3.8) is 0 Å². The monoisotopic (exact) mass is 324 g/mol. The van der Waals surface area contributed by atoms with Gasteiger partial charge in [-0.25, -0.2) is 0 Å². The van der Waals surface area contributed by atoms with E-state index in [4.69, 9.17) is 0 Å². The van der Waals surface area contributed by atoms with E-state index in [1.54, 1.807) is 4.90 Å². The summed E-state index contributed by atoms with van der Waals surface area (Å²) in [5, 5.41) is 0. The lowest BCUT2D eigenvalue weighted by molar-refractivity contribution is 0.0737. The number of nitrogens with zero attached hydrogens (tertiary/aromatic N) is 1. The maximum Gasteiger partial charge on any atom is 0.254 e. The molecule has 126 valence electrons. The van der Waals surface area contributed by atoms with Crippen LogP contribution in [0.15, 0.2) is 41.2 Å². The van der Waals surface area contributed by atoms with Crippen LogP contribution in [0.1, 0.15) is 41.0 Å². The van der Waals surface area contributed by atoms with Gasteiger partial charge in [0.1, 0.15) is 0 Å². The molecule has 2 aromatic rings. The quantitative estimate of drug-likeness (QED) is 0.940. The smallest absolute Gasteiger partial charge is 0.254 e. The third-order valence-corrected chi connectivity index (χ3v) is 4.67. The summed E-state index contributed by atoms with van der Waals surface area (Å²) >= 11 is 0. The predicted octanol–water partition coefficient (Wildman–Crippen LogP) is 2.81. The van der Waals surface area contributed by atoms with Crippen LogP contribution in [0.2, 0.25) is 0 Å². The summed E-state index contributed by atoms with van der Waals surface area (Å²) in [4.78, 5) is 29.4. The van der Waals surface area contributed by atoms with Crippen molar-refractivity contribution < 1.29 is 4.79 Å². The number of aromatic amines is 1. The fraction of sp³-hybridized carbons (Fsp3) is 0.400. The van der Waals surface area contributed by atoms with E-state index in [1.807, 2.05) is 25.2 Å². The Morgan fingerprint density at radius 2 is 1.83 bits per heavy atom. The Bertz CT molecular complexity index is 782. The normalized spacial score (nSPS) is 14.0. The van der Waals surface area contributed by atoms with Gasteiger partial charge in [-0.3, -0.25) is 9.59 Å². The first-order valence-electron chi connectivity index (χ1n) is 8.51. The van der Waals surface area contributed by atoms with Crippen LogP contribution in [0.3, 0.4) is 0 Å². The molecule has 0 fully saturated rings. The molecule has 0 aliphatic heterocycles. The Labute approximate surface area is 142 Å². The van der Waals surface area contributed by atoms with Gasteiger partial charge < -0.3 is 9.88 Å². The molecule has 1 heterocycles. The number of H-pyrrole nitrogens is 1. The van der Waals surface area contributed by atoms with Gasteiger partial charge in [0.15, 0.2) is 0 Å². The Hall–Kier alpha value is -2.36. The Balaban J connectivity index is 1.79. The zero-order valence-electron chi connectivity index (χ0n) is 14.5. The summed E-state index contributed by atoms with van der Waals surface area (Å²) in [7, 11) is 1.84. The first-order chi connectivity index (χ1) is 11.4. The molecule has 1 amide bonds. The molecule has 0 spiro atoms. The molecule has 1 aromatic heterocycles. The van der Waals surface area contributed by atoms with E-state index >= 15 is 0 Å². The summed E-state index contributed by atoms with van der Waals surface area (Å²) in [5.41, 5.74) is 3.72. The average Bonchev–Trinajstić information content (AvgIpc) is 2.96. The average molecular weight is 324 g/mol. The molecule has 4 nitrogen and oxygen atoms in total. The number of carbonyl (C=O) groups is 1. The first-order valence-corrected chi connectivity index (χ1v) is 8.51. The van der Waals surface area contributed by atoms with E-state index in [-0.39, 0.29) is 17.5 Å². The molecule has 0 saturated heterocycles. The van der Waals surface area contributed by atoms with Crippen molar-refractivity contribution in [3.05, 3.63) is 69.1 Å². The maximum absolute atomic E-state index is 12.8. The molecular formula is C20H24N2O2. The summed E-state index contributed by atoms with van der Waals surface area (Å²) < 4.78 is 0. The molecule has 0 radical (unpaired) electrons. The molecule has 0 atom stereocenters. The fourth-order valence-corrected chi connectivity index (χ4v) is 3.45. The number of hydrogen-bond donors (Lipinski definition) is 1. The number of fused-ring (bicyclic) bond motifs is 1. The molecule has 4 heteroatoms. The largest absolute Gasteiger partial charge is 0.338 e. The van der Waals surface area contributed by atoms with Crippen molar-refractivity contribution in [1.82, 2.24) is 9.88 Å². The van der Waals surface area contributed by atoms with Crippen LogP contribution in [0.5, 0.6) is 0 Å². The Kier molecular flexibility index (Phi) is 4.56. The lowest BCUT2D eigenvalue weighted by atomic mass is 10.1. The standard InChI is InChI=1S/C20H24N2O2/c1-13(2)8-17-9-16(12-19(23)21-17)20(24)22(3)18-10-14-6-4-5-7-15(14)11-18/h4-7,9,12-13,18H,8,10-11H2,1-3H3,(H,21,23). The number of likely N-dealkylation sites (N-methyl/N-ethyl adjacent to an activating group) is 1. The van der Waals surface area contributed by atoms with Crippen LogP contribution in [0.25, 0.3) is 0 Å². The molecule has 0 unspecified atom stereocenters. The summed E-state index contributed by atoms with van der Waals surface area (Å²) in [6.45, 7) is 4.18. The highest BCUT2D eigenvalue weighted by molar-refractivity contribution is 5.94. The SMILES string of the molecule is CC(C)Cc1cc(C(=O)N(C)C2Cc3ccccc3C2)cc(=O)[nH]1. The molecule has 3 rings (SSSR count). The fourth-order valence-electron chi connectivity index (χ4n) is 3.45. The van der Waals surface area contributed by atoms with Crippen molar-refractivity contribution in [3.8, 4) is 0 Å². The molecule has 1 aliphatic rings. The number of nitrogens with one attached hydrogen (secondary N) is 1. The van der Waals surface area contributed by atoms with Crippen LogP contribution in [-0.4, -0.2) is 28.9 Å². The Morgan fingerprint density at radius 1 is 1.21 bits per heavy atom. The molecule has 0 saturated carbocycles. The third kappa shape index (κ3) is 3.42. The van der Waals surface area contributed by atoms with Crippen LogP contribution in [0.4, 0.5) is 0 Å². The van der Waals surface area contributed by atoms with E-state index in [2.05, 4.69) is 31.0 Å². The van der Waals surface area contributed by atoms with E-state index in [0.717, 1.165) is 25.0 Å². The van der Waals surface area contributed by atoms with E-state index < -0.39 is 0 Å². The van der Waals surface area contributed by atoms with Gasteiger partial charge in [-0.05, 0) is 42.4 Å². The highest BCUT2D eigenvalue weighted by atomic mass is 16.2. The zero-order chi connectivity index (χ0) is 17.3. The van der Waals surface area contributed by atoms with Crippen molar-refractivity contribution in [2.45, 2.75) is 39.2 Å². The number of carbonyl (C=O) groups excluding carboxylic acids is 1. The summed E-state index contributed by atoms with van der Waals surface area (Å²) in [6, 6.07) is 11.7. The second kappa shape index (κ2) is 6.63. The molecule has 1 aromatic carbocycles. The van der Waals surface area contributed by atoms with Crippen molar-refractivity contribution >= 4 is 5.91 Å². The molecular weight excluding hydrogens is 300 g/mol. The van der Waals surface area contributed by atoms with Crippen molar-refractivity contribution in [2.75, 3.05) is 7.05 Å². The summed E-state index contributed by atoms with van der Waals surface area (Å²) in [6.07, 6.45) is 2.51. The minimum absolute atomic E-state index is 0.0797. The lowest BCUT2D eigenvalue weighted by Crippen LogP contribution is -2.38. The number of amides is 1. The highest BCUT2D eigenvalue weighted by Gasteiger charge is 2.28. The van der Waals surface area contributed by atoms with Gasteiger partial charge in [-0.2, -0.15) is 0 Å². The molecule has 24 heavy (non-hydrogen) atoms. The molecule has 0 bridgehead atoms.